The number of hydrogen-bond acceptors (Lipinski definition) is 7. The molecule has 1 atom stereocenters. The van der Waals surface area contributed by atoms with Gasteiger partial charge in [0.1, 0.15) is 18.1 Å². The predicted octanol–water partition coefficient (Wildman–Crippen LogP) is 6.82. The lowest BCUT2D eigenvalue weighted by molar-refractivity contribution is -0.132. The molecule has 5 rings (SSSR count). The van der Waals surface area contributed by atoms with Crippen LogP contribution in [0.4, 0.5) is 5.13 Å². The fraction of sp³-hybridized carbons (Fsp3) is 0.161. The molecule has 7 nitrogen and oxygen atoms in total. The number of hydrogen-bond donors (Lipinski definition) is 1. The van der Waals surface area contributed by atoms with Crippen LogP contribution in [-0.2, 0) is 16.2 Å². The second kappa shape index (κ2) is 11.1. The molecule has 1 aliphatic heterocycles. The molecule has 0 radical (unpaired) electrons. The fourth-order valence-electron chi connectivity index (χ4n) is 4.60. The SMILES string of the molecule is CC(=O)c1sc(N2C(=O)C(=O)/C(=C(/O)c3ccc(OCc4ccccc4C)cc3)C2c2ccc(Cl)cc2)nc1C. The lowest BCUT2D eigenvalue weighted by Gasteiger charge is -2.23. The second-order valence-electron chi connectivity index (χ2n) is 9.43. The Morgan fingerprint density at radius 3 is 2.33 bits per heavy atom. The van der Waals surface area contributed by atoms with Crippen molar-refractivity contribution in [3.05, 3.63) is 116 Å². The first-order chi connectivity index (χ1) is 19.2. The van der Waals surface area contributed by atoms with Crippen molar-refractivity contribution in [2.75, 3.05) is 4.90 Å². The molecule has 40 heavy (non-hydrogen) atoms. The van der Waals surface area contributed by atoms with Gasteiger partial charge in [-0.2, -0.15) is 0 Å². The van der Waals surface area contributed by atoms with Crippen molar-refractivity contribution in [2.24, 2.45) is 0 Å². The standard InChI is InChI=1S/C31H25ClN2O5S/c1-17-6-4-5-7-22(17)16-39-24-14-10-21(11-15-24)27(36)25-26(20-8-12-23(32)13-9-20)34(30(38)28(25)37)31-33-18(2)29(40-31)19(3)35/h4-15,26,36H,16H2,1-3H3/b27-25+. The average Bonchev–Trinajstić information content (AvgIpc) is 3.45. The minimum absolute atomic E-state index is 0.0851. The molecule has 9 heteroatoms. The Morgan fingerprint density at radius 2 is 1.70 bits per heavy atom. The Hall–Kier alpha value is -4.27. The van der Waals surface area contributed by atoms with Gasteiger partial charge >= 0.3 is 5.91 Å². The number of anilines is 1. The van der Waals surface area contributed by atoms with Crippen molar-refractivity contribution in [3.63, 3.8) is 0 Å². The molecule has 202 valence electrons. The number of aliphatic hydroxyl groups excluding tert-OH is 1. The Bertz CT molecular complexity index is 1660. The summed E-state index contributed by atoms with van der Waals surface area (Å²) in [7, 11) is 0. The molecule has 1 unspecified atom stereocenters. The minimum Gasteiger partial charge on any atom is -0.507 e. The summed E-state index contributed by atoms with van der Waals surface area (Å²) < 4.78 is 5.91. The highest BCUT2D eigenvalue weighted by Crippen LogP contribution is 2.44. The van der Waals surface area contributed by atoms with Gasteiger partial charge in [-0.15, -0.1) is 0 Å². The van der Waals surface area contributed by atoms with E-state index >= 15 is 0 Å². The summed E-state index contributed by atoms with van der Waals surface area (Å²) in [4.78, 5) is 44.9. The van der Waals surface area contributed by atoms with Gasteiger partial charge < -0.3 is 9.84 Å². The smallest absolute Gasteiger partial charge is 0.301 e. The number of nitrogens with zero attached hydrogens (tertiary/aromatic N) is 2. The van der Waals surface area contributed by atoms with Gasteiger partial charge in [-0.25, -0.2) is 4.98 Å². The molecule has 1 saturated heterocycles. The van der Waals surface area contributed by atoms with Gasteiger partial charge in [0.05, 0.1) is 22.2 Å². The van der Waals surface area contributed by atoms with Crippen LogP contribution in [0, 0.1) is 13.8 Å². The summed E-state index contributed by atoms with van der Waals surface area (Å²) in [6, 6.07) is 20.3. The molecular weight excluding hydrogens is 548 g/mol. The first-order valence-corrected chi connectivity index (χ1v) is 13.7. The van der Waals surface area contributed by atoms with Crippen molar-refractivity contribution >= 4 is 51.3 Å². The number of Topliss-reactive ketones (excluding diaryl/α,β-unsaturated/α-hetero) is 2. The Morgan fingerprint density at radius 1 is 1.02 bits per heavy atom. The molecular formula is C31H25ClN2O5S. The van der Waals surface area contributed by atoms with E-state index in [1.807, 2.05) is 31.2 Å². The van der Waals surface area contributed by atoms with Crippen molar-refractivity contribution in [1.82, 2.24) is 4.98 Å². The van der Waals surface area contributed by atoms with Crippen LogP contribution < -0.4 is 9.64 Å². The maximum atomic E-state index is 13.4. The molecule has 3 aromatic carbocycles. The van der Waals surface area contributed by atoms with Crippen LogP contribution in [-0.4, -0.2) is 27.6 Å². The molecule has 2 heterocycles. The predicted molar refractivity (Wildman–Crippen MR) is 155 cm³/mol. The first kappa shape index (κ1) is 27.3. The Balaban J connectivity index is 1.53. The zero-order valence-corrected chi connectivity index (χ0v) is 23.5. The highest BCUT2D eigenvalue weighted by Gasteiger charge is 2.48. The first-order valence-electron chi connectivity index (χ1n) is 12.5. The molecule has 1 aliphatic rings. The highest BCUT2D eigenvalue weighted by atomic mass is 35.5. The minimum atomic E-state index is -0.973. The van der Waals surface area contributed by atoms with Gasteiger partial charge in [-0.1, -0.05) is 59.3 Å². The van der Waals surface area contributed by atoms with Crippen LogP contribution >= 0.6 is 22.9 Å². The summed E-state index contributed by atoms with van der Waals surface area (Å²) in [5.41, 5.74) is 3.46. The molecule has 0 bridgehead atoms. The summed E-state index contributed by atoms with van der Waals surface area (Å²) in [5, 5.41) is 12.1. The molecule has 0 spiro atoms. The van der Waals surface area contributed by atoms with E-state index in [-0.39, 0.29) is 22.2 Å². The van der Waals surface area contributed by atoms with Crippen LogP contribution in [0.25, 0.3) is 5.76 Å². The van der Waals surface area contributed by atoms with E-state index in [0.717, 1.165) is 22.5 Å². The molecule has 1 fully saturated rings. The number of carbonyl (C=O) groups is 3. The maximum absolute atomic E-state index is 13.4. The quantitative estimate of drug-likeness (QED) is 0.113. The number of aryl methyl sites for hydroxylation is 2. The molecule has 0 saturated carbocycles. The summed E-state index contributed by atoms with van der Waals surface area (Å²) in [6.07, 6.45) is 0. The zero-order chi connectivity index (χ0) is 28.6. The van der Waals surface area contributed by atoms with Gasteiger partial charge in [0, 0.05) is 17.5 Å². The van der Waals surface area contributed by atoms with Gasteiger partial charge in [0.25, 0.3) is 5.78 Å². The number of halogens is 1. The average molecular weight is 573 g/mol. The van der Waals surface area contributed by atoms with Crippen LogP contribution in [0.5, 0.6) is 5.75 Å². The lowest BCUT2D eigenvalue weighted by Crippen LogP contribution is -2.29. The van der Waals surface area contributed by atoms with Crippen LogP contribution in [0.2, 0.25) is 5.02 Å². The number of rotatable bonds is 7. The topological polar surface area (TPSA) is 96.8 Å². The number of carbonyl (C=O) groups excluding carboxylic acids is 3. The van der Waals surface area contributed by atoms with Crippen molar-refractivity contribution in [1.29, 1.82) is 0 Å². The molecule has 0 aliphatic carbocycles. The van der Waals surface area contributed by atoms with E-state index in [4.69, 9.17) is 16.3 Å². The van der Waals surface area contributed by atoms with E-state index < -0.39 is 17.7 Å². The second-order valence-corrected chi connectivity index (χ2v) is 10.8. The maximum Gasteiger partial charge on any atom is 0.301 e. The number of aliphatic hydroxyl groups is 1. The van der Waals surface area contributed by atoms with Crippen LogP contribution in [0.1, 0.15) is 50.6 Å². The monoisotopic (exact) mass is 572 g/mol. The van der Waals surface area contributed by atoms with E-state index in [2.05, 4.69) is 4.98 Å². The number of ether oxygens (including phenoxy) is 1. The largest absolute Gasteiger partial charge is 0.507 e. The van der Waals surface area contributed by atoms with Crippen molar-refractivity contribution in [2.45, 2.75) is 33.4 Å². The molecule has 1 amide bonds. The fourth-order valence-corrected chi connectivity index (χ4v) is 5.71. The van der Waals surface area contributed by atoms with Crippen molar-refractivity contribution in [3.8, 4) is 5.75 Å². The van der Waals surface area contributed by atoms with Crippen molar-refractivity contribution < 1.29 is 24.2 Å². The summed E-state index contributed by atoms with van der Waals surface area (Å²) in [6.45, 7) is 5.49. The number of benzene rings is 3. The number of amides is 1. The third-order valence-corrected chi connectivity index (χ3v) is 8.23. The molecule has 1 aromatic heterocycles. The number of ketones is 2. The van der Waals surface area contributed by atoms with E-state index in [1.54, 1.807) is 55.5 Å². The van der Waals surface area contributed by atoms with E-state index in [1.165, 1.54) is 11.8 Å². The van der Waals surface area contributed by atoms with Crippen LogP contribution in [0.3, 0.4) is 0 Å². The number of thiazole rings is 1. The van der Waals surface area contributed by atoms with Gasteiger partial charge in [-0.3, -0.25) is 19.3 Å². The normalized spacial score (nSPS) is 16.4. The third-order valence-electron chi connectivity index (χ3n) is 6.72. The molecule has 1 N–H and O–H groups in total. The summed E-state index contributed by atoms with van der Waals surface area (Å²) >= 11 is 7.14. The van der Waals surface area contributed by atoms with E-state index in [9.17, 15) is 19.5 Å². The Labute approximate surface area is 240 Å². The van der Waals surface area contributed by atoms with E-state index in [0.29, 0.717) is 39.1 Å². The van der Waals surface area contributed by atoms with Gasteiger partial charge in [0.15, 0.2) is 10.9 Å². The van der Waals surface area contributed by atoms with Gasteiger partial charge in [0.2, 0.25) is 0 Å². The third kappa shape index (κ3) is 5.15. The lowest BCUT2D eigenvalue weighted by atomic mass is 9.95. The van der Waals surface area contributed by atoms with Gasteiger partial charge in [-0.05, 0) is 66.9 Å². The number of aromatic nitrogens is 1. The highest BCUT2D eigenvalue weighted by molar-refractivity contribution is 7.18. The zero-order valence-electron chi connectivity index (χ0n) is 22.0. The molecule has 4 aromatic rings. The summed E-state index contributed by atoms with van der Waals surface area (Å²) in [5.74, 6) is -1.63. The van der Waals surface area contributed by atoms with Crippen LogP contribution in [0.15, 0.2) is 78.4 Å². The Kier molecular flexibility index (Phi) is 7.56.